The van der Waals surface area contributed by atoms with Gasteiger partial charge in [0.25, 0.3) is 0 Å². The number of aromatic nitrogens is 2. The number of halogens is 3. The summed E-state index contributed by atoms with van der Waals surface area (Å²) in [6.45, 7) is 3.23. The van der Waals surface area contributed by atoms with E-state index in [-0.39, 0.29) is 17.4 Å². The predicted molar refractivity (Wildman–Crippen MR) is 47.4 cm³/mol. The second kappa shape index (κ2) is 3.67. The summed E-state index contributed by atoms with van der Waals surface area (Å²) in [6.07, 6.45) is -4.47. The van der Waals surface area contributed by atoms with E-state index in [0.717, 1.165) is 6.07 Å². The highest BCUT2D eigenvalue weighted by atomic mass is 19.4. The molecule has 15 heavy (non-hydrogen) atoms. The molecule has 0 bridgehead atoms. The van der Waals surface area contributed by atoms with Crippen molar-refractivity contribution in [2.75, 3.05) is 0 Å². The highest BCUT2D eigenvalue weighted by molar-refractivity contribution is 5.95. The van der Waals surface area contributed by atoms with E-state index in [2.05, 4.69) is 5.10 Å². The second-order valence-electron chi connectivity index (χ2n) is 3.56. The third-order valence-corrected chi connectivity index (χ3v) is 1.95. The van der Waals surface area contributed by atoms with Crippen LogP contribution in [0.1, 0.15) is 30.0 Å². The maximum atomic E-state index is 12.4. The molecular weight excluding hydrogens is 209 g/mol. The molecule has 1 aromatic rings. The quantitative estimate of drug-likeness (QED) is 0.716. The smallest absolute Gasteiger partial charge is 0.292 e. The fourth-order valence-electron chi connectivity index (χ4n) is 1.15. The minimum Gasteiger partial charge on any atom is -0.292 e. The number of carbonyl (C=O) groups excluding carboxylic acids is 1. The molecule has 1 rings (SSSR count). The molecule has 1 aromatic heterocycles. The summed E-state index contributed by atoms with van der Waals surface area (Å²) >= 11 is 0. The van der Waals surface area contributed by atoms with Crippen LogP contribution < -0.4 is 0 Å². The number of alkyl halides is 3. The van der Waals surface area contributed by atoms with Gasteiger partial charge in [-0.05, 0) is 6.07 Å². The van der Waals surface area contributed by atoms with Gasteiger partial charge >= 0.3 is 6.18 Å². The van der Waals surface area contributed by atoms with Crippen molar-refractivity contribution in [1.29, 1.82) is 0 Å². The number of rotatable bonds is 2. The van der Waals surface area contributed by atoms with Crippen molar-refractivity contribution in [2.45, 2.75) is 20.0 Å². The zero-order valence-corrected chi connectivity index (χ0v) is 8.59. The maximum Gasteiger partial charge on any atom is 0.433 e. The number of aryl methyl sites for hydroxylation is 1. The van der Waals surface area contributed by atoms with Crippen LogP contribution in [0.25, 0.3) is 0 Å². The SMILES string of the molecule is CC(C)C(=O)c1cc(C(F)(F)F)n(C)n1. The van der Waals surface area contributed by atoms with Crippen molar-refractivity contribution in [3.05, 3.63) is 17.5 Å². The van der Waals surface area contributed by atoms with E-state index in [0.29, 0.717) is 4.68 Å². The predicted octanol–water partition coefficient (Wildman–Crippen LogP) is 2.28. The summed E-state index contributed by atoms with van der Waals surface area (Å²) in [6, 6.07) is 0.780. The molecule has 0 spiro atoms. The second-order valence-corrected chi connectivity index (χ2v) is 3.56. The van der Waals surface area contributed by atoms with Gasteiger partial charge in [-0.2, -0.15) is 18.3 Å². The summed E-state index contributed by atoms with van der Waals surface area (Å²) in [5, 5.41) is 3.55. The van der Waals surface area contributed by atoms with E-state index in [4.69, 9.17) is 0 Å². The molecule has 3 nitrogen and oxygen atoms in total. The van der Waals surface area contributed by atoms with Gasteiger partial charge in [0.2, 0.25) is 0 Å². The molecule has 0 amide bonds. The number of carbonyl (C=O) groups is 1. The Balaban J connectivity index is 3.12. The normalized spacial score (nSPS) is 12.2. The minimum absolute atomic E-state index is 0.139. The zero-order chi connectivity index (χ0) is 11.8. The van der Waals surface area contributed by atoms with Gasteiger partial charge in [0.1, 0.15) is 11.4 Å². The van der Waals surface area contributed by atoms with Gasteiger partial charge in [0.05, 0.1) is 0 Å². The number of ketones is 1. The molecule has 1 heterocycles. The molecule has 0 radical (unpaired) electrons. The first-order chi connectivity index (χ1) is 6.73. The van der Waals surface area contributed by atoms with E-state index in [1.54, 1.807) is 13.8 Å². The van der Waals surface area contributed by atoms with E-state index in [9.17, 15) is 18.0 Å². The molecular formula is C9H11F3N2O. The van der Waals surface area contributed by atoms with Crippen LogP contribution in [0, 0.1) is 5.92 Å². The van der Waals surface area contributed by atoms with E-state index < -0.39 is 11.9 Å². The topological polar surface area (TPSA) is 34.9 Å². The van der Waals surface area contributed by atoms with Crippen molar-refractivity contribution in [2.24, 2.45) is 13.0 Å². The number of hydrogen-bond donors (Lipinski definition) is 0. The lowest BCUT2D eigenvalue weighted by Crippen LogP contribution is -2.11. The minimum atomic E-state index is -4.47. The Hall–Kier alpha value is -1.33. The summed E-state index contributed by atoms with van der Waals surface area (Å²) in [5.41, 5.74) is -1.05. The fraction of sp³-hybridized carbons (Fsp3) is 0.556. The van der Waals surface area contributed by atoms with Crippen molar-refractivity contribution in [3.63, 3.8) is 0 Å². The summed E-state index contributed by atoms with van der Waals surface area (Å²) < 4.78 is 37.7. The summed E-state index contributed by atoms with van der Waals surface area (Å²) in [5.74, 6) is -0.748. The van der Waals surface area contributed by atoms with Crippen LogP contribution >= 0.6 is 0 Å². The Bertz CT molecular complexity index is 379. The van der Waals surface area contributed by atoms with Gasteiger partial charge in [-0.25, -0.2) is 0 Å². The van der Waals surface area contributed by atoms with E-state index in [1.807, 2.05) is 0 Å². The number of Topliss-reactive ketones (excluding diaryl/α,β-unsaturated/α-hetero) is 1. The molecule has 0 aliphatic heterocycles. The molecule has 0 saturated carbocycles. The summed E-state index contributed by atoms with van der Waals surface area (Å²) in [7, 11) is 1.17. The molecule has 84 valence electrons. The Labute approximate surface area is 84.9 Å². The van der Waals surface area contributed by atoms with Crippen LogP contribution in [0.2, 0.25) is 0 Å². The van der Waals surface area contributed by atoms with Crippen molar-refractivity contribution in [3.8, 4) is 0 Å². The molecule has 0 aromatic carbocycles. The van der Waals surface area contributed by atoms with Gasteiger partial charge in [-0.3, -0.25) is 9.48 Å². The first kappa shape index (κ1) is 11.7. The van der Waals surface area contributed by atoms with Gasteiger partial charge in [0.15, 0.2) is 5.78 Å². The lowest BCUT2D eigenvalue weighted by Gasteiger charge is -2.04. The van der Waals surface area contributed by atoms with Crippen LogP contribution in [0.5, 0.6) is 0 Å². The molecule has 0 saturated heterocycles. The molecule has 0 unspecified atom stereocenters. The third kappa shape index (κ3) is 2.37. The maximum absolute atomic E-state index is 12.4. The van der Waals surface area contributed by atoms with Crippen molar-refractivity contribution in [1.82, 2.24) is 9.78 Å². The van der Waals surface area contributed by atoms with Crippen molar-refractivity contribution >= 4 is 5.78 Å². The lowest BCUT2D eigenvalue weighted by atomic mass is 10.1. The highest BCUT2D eigenvalue weighted by Gasteiger charge is 2.35. The highest BCUT2D eigenvalue weighted by Crippen LogP contribution is 2.29. The lowest BCUT2D eigenvalue weighted by molar-refractivity contribution is -0.143. The van der Waals surface area contributed by atoms with Crippen LogP contribution in [-0.2, 0) is 13.2 Å². The van der Waals surface area contributed by atoms with Gasteiger partial charge in [0, 0.05) is 13.0 Å². The number of hydrogen-bond acceptors (Lipinski definition) is 2. The average Bonchev–Trinajstić information content (AvgIpc) is 2.44. The van der Waals surface area contributed by atoms with Crippen LogP contribution in [0.4, 0.5) is 13.2 Å². The van der Waals surface area contributed by atoms with Gasteiger partial charge < -0.3 is 0 Å². The Morgan fingerprint density at radius 3 is 2.33 bits per heavy atom. The van der Waals surface area contributed by atoms with Crippen LogP contribution in [0.15, 0.2) is 6.07 Å². The average molecular weight is 220 g/mol. The summed E-state index contributed by atoms with van der Waals surface area (Å²) in [4.78, 5) is 11.4. The molecule has 6 heteroatoms. The van der Waals surface area contributed by atoms with Gasteiger partial charge in [-0.15, -0.1) is 0 Å². The van der Waals surface area contributed by atoms with Crippen molar-refractivity contribution < 1.29 is 18.0 Å². The first-order valence-electron chi connectivity index (χ1n) is 4.39. The molecule has 0 aliphatic carbocycles. The monoisotopic (exact) mass is 220 g/mol. The third-order valence-electron chi connectivity index (χ3n) is 1.95. The Kier molecular flexibility index (Phi) is 2.88. The molecule has 0 fully saturated rings. The van der Waals surface area contributed by atoms with Crippen LogP contribution in [0.3, 0.4) is 0 Å². The molecule has 0 N–H and O–H groups in total. The van der Waals surface area contributed by atoms with Gasteiger partial charge in [-0.1, -0.05) is 13.8 Å². The molecule has 0 aliphatic rings. The zero-order valence-electron chi connectivity index (χ0n) is 8.59. The fourth-order valence-corrected chi connectivity index (χ4v) is 1.15. The Morgan fingerprint density at radius 2 is 2.00 bits per heavy atom. The number of nitrogens with zero attached hydrogens (tertiary/aromatic N) is 2. The Morgan fingerprint density at radius 1 is 1.47 bits per heavy atom. The van der Waals surface area contributed by atoms with E-state index in [1.165, 1.54) is 7.05 Å². The standard InChI is InChI=1S/C9H11F3N2O/c1-5(2)8(15)6-4-7(9(10,11)12)14(3)13-6/h4-5H,1-3H3. The van der Waals surface area contributed by atoms with Crippen LogP contribution in [-0.4, -0.2) is 15.6 Å². The van der Waals surface area contributed by atoms with E-state index >= 15 is 0 Å². The first-order valence-corrected chi connectivity index (χ1v) is 4.39. The largest absolute Gasteiger partial charge is 0.433 e. The molecule has 0 atom stereocenters.